The second-order valence-electron chi connectivity index (χ2n) is 10.9. The molecule has 6 aromatic heterocycles. The second kappa shape index (κ2) is 7.84. The molecular formula is C28H25FN8O. The topological polar surface area (TPSA) is 91.0 Å². The van der Waals surface area contributed by atoms with Gasteiger partial charge in [0.05, 0.1) is 36.6 Å². The van der Waals surface area contributed by atoms with Gasteiger partial charge in [-0.3, -0.25) is 9.55 Å². The zero-order valence-corrected chi connectivity index (χ0v) is 20.6. The van der Waals surface area contributed by atoms with E-state index in [0.717, 1.165) is 71.7 Å². The number of furan rings is 1. The van der Waals surface area contributed by atoms with Gasteiger partial charge < -0.3 is 14.1 Å². The zero-order chi connectivity index (χ0) is 25.3. The zero-order valence-electron chi connectivity index (χ0n) is 20.6. The molecule has 0 atom stereocenters. The van der Waals surface area contributed by atoms with Gasteiger partial charge in [-0.2, -0.15) is 0 Å². The van der Waals surface area contributed by atoms with Crippen molar-refractivity contribution in [3.63, 3.8) is 0 Å². The van der Waals surface area contributed by atoms with Crippen molar-refractivity contribution in [2.75, 3.05) is 6.54 Å². The lowest BCUT2D eigenvalue weighted by molar-refractivity contribution is -0.209. The first-order valence-corrected chi connectivity index (χ1v) is 12.8. The lowest BCUT2D eigenvalue weighted by Gasteiger charge is -2.66. The molecule has 3 aliphatic carbocycles. The Bertz CT molecular complexity index is 1790. The van der Waals surface area contributed by atoms with Crippen LogP contribution in [-0.2, 0) is 13.1 Å². The lowest BCUT2D eigenvalue weighted by Crippen LogP contribution is -2.67. The van der Waals surface area contributed by atoms with E-state index < -0.39 is 5.67 Å². The summed E-state index contributed by atoms with van der Waals surface area (Å²) in [5.41, 5.74) is 5.61. The minimum absolute atomic E-state index is 0.212. The number of hydrogen-bond donors (Lipinski definition) is 1. The number of halogens is 1. The third-order valence-corrected chi connectivity index (χ3v) is 7.92. The van der Waals surface area contributed by atoms with Gasteiger partial charge in [0, 0.05) is 48.8 Å². The van der Waals surface area contributed by atoms with Gasteiger partial charge in [0.25, 0.3) is 0 Å². The average molecular weight is 509 g/mol. The van der Waals surface area contributed by atoms with Crippen molar-refractivity contribution in [2.45, 2.75) is 38.0 Å². The molecule has 3 fully saturated rings. The van der Waals surface area contributed by atoms with Crippen LogP contribution in [0.3, 0.4) is 0 Å². The van der Waals surface area contributed by atoms with Crippen LogP contribution >= 0.6 is 0 Å². The summed E-state index contributed by atoms with van der Waals surface area (Å²) in [5.74, 6) is 0. The maximum atomic E-state index is 13.7. The molecule has 0 saturated heterocycles. The molecule has 3 aliphatic rings. The molecule has 0 radical (unpaired) electrons. The number of hydrogen-bond acceptors (Lipinski definition) is 6. The molecule has 38 heavy (non-hydrogen) atoms. The van der Waals surface area contributed by atoms with E-state index in [1.54, 1.807) is 23.3 Å². The van der Waals surface area contributed by atoms with Gasteiger partial charge in [-0.25, -0.2) is 14.1 Å². The number of imidazole rings is 1. The van der Waals surface area contributed by atoms with Crippen molar-refractivity contribution >= 4 is 16.7 Å². The molecule has 6 heterocycles. The van der Waals surface area contributed by atoms with Gasteiger partial charge in [-0.1, -0.05) is 11.3 Å². The van der Waals surface area contributed by atoms with Crippen LogP contribution in [0, 0.1) is 5.41 Å². The third-order valence-electron chi connectivity index (χ3n) is 7.92. The summed E-state index contributed by atoms with van der Waals surface area (Å²) in [5, 5.41) is 13.2. The molecular weight excluding hydrogens is 483 g/mol. The molecule has 6 aromatic rings. The van der Waals surface area contributed by atoms with Crippen LogP contribution in [0.4, 0.5) is 4.39 Å². The maximum Gasteiger partial charge on any atom is 0.211 e. The van der Waals surface area contributed by atoms with E-state index in [1.807, 2.05) is 51.8 Å². The van der Waals surface area contributed by atoms with Crippen LogP contribution in [0.15, 0.2) is 78.2 Å². The fraction of sp³-hybridized carbons (Fsp3) is 0.286. The van der Waals surface area contributed by atoms with E-state index in [0.29, 0.717) is 6.54 Å². The van der Waals surface area contributed by atoms with E-state index in [9.17, 15) is 4.39 Å². The molecule has 9 nitrogen and oxygen atoms in total. The third kappa shape index (κ3) is 3.55. The van der Waals surface area contributed by atoms with Crippen molar-refractivity contribution < 1.29 is 8.81 Å². The maximum absolute atomic E-state index is 13.7. The molecule has 0 unspecified atom stereocenters. The van der Waals surface area contributed by atoms with Crippen LogP contribution < -0.4 is 5.32 Å². The van der Waals surface area contributed by atoms with Crippen LogP contribution in [0.2, 0.25) is 0 Å². The Balaban J connectivity index is 0.961. The van der Waals surface area contributed by atoms with E-state index >= 15 is 0 Å². The lowest BCUT2D eigenvalue weighted by atomic mass is 9.42. The number of rotatable bonds is 8. The summed E-state index contributed by atoms with van der Waals surface area (Å²) in [6.45, 7) is 2.16. The molecule has 0 amide bonds. The van der Waals surface area contributed by atoms with Gasteiger partial charge in [-0.15, -0.1) is 5.10 Å². The van der Waals surface area contributed by atoms with E-state index in [1.165, 1.54) is 5.56 Å². The standard InChI is InChI=1S/C28H25FN8O/c29-28-15-27(16-28,17-28)18-31-8-19-1-2-25-32-22(12-35(25)11-19)13-36-14-24(33-34-36)21-7-23(10-30-9-21)37-5-3-20-4-6-38-26(20)37/h1-7,9-12,14,31H,8,13,15-18H2. The molecule has 3 saturated carbocycles. The predicted octanol–water partition coefficient (Wildman–Crippen LogP) is 4.55. The molecule has 0 aromatic carbocycles. The highest BCUT2D eigenvalue weighted by Crippen LogP contribution is 2.69. The van der Waals surface area contributed by atoms with E-state index in [4.69, 9.17) is 9.40 Å². The van der Waals surface area contributed by atoms with Gasteiger partial charge in [0.1, 0.15) is 17.0 Å². The summed E-state index contributed by atoms with van der Waals surface area (Å²) >= 11 is 0. The van der Waals surface area contributed by atoms with E-state index in [-0.39, 0.29) is 5.41 Å². The van der Waals surface area contributed by atoms with Crippen molar-refractivity contribution in [3.05, 3.63) is 85.0 Å². The summed E-state index contributed by atoms with van der Waals surface area (Å²) in [7, 11) is 0. The summed E-state index contributed by atoms with van der Waals surface area (Å²) < 4.78 is 25.1. The monoisotopic (exact) mass is 508 g/mol. The molecule has 9 rings (SSSR count). The van der Waals surface area contributed by atoms with Gasteiger partial charge in [0.2, 0.25) is 5.71 Å². The van der Waals surface area contributed by atoms with Crippen LogP contribution in [0.1, 0.15) is 30.5 Å². The Hall–Kier alpha value is -4.31. The highest BCUT2D eigenvalue weighted by Gasteiger charge is 2.68. The minimum Gasteiger partial charge on any atom is -0.447 e. The van der Waals surface area contributed by atoms with Crippen LogP contribution in [-0.4, -0.2) is 46.1 Å². The molecule has 0 spiro atoms. The first-order chi connectivity index (χ1) is 18.5. The fourth-order valence-corrected chi connectivity index (χ4v) is 6.22. The highest BCUT2D eigenvalue weighted by molar-refractivity contribution is 5.77. The van der Waals surface area contributed by atoms with Crippen molar-refractivity contribution in [3.8, 4) is 16.9 Å². The summed E-state index contributed by atoms with van der Waals surface area (Å²) in [6, 6.07) is 10.1. The van der Waals surface area contributed by atoms with Gasteiger partial charge >= 0.3 is 0 Å². The van der Waals surface area contributed by atoms with Crippen molar-refractivity contribution in [1.82, 2.24) is 39.2 Å². The molecule has 0 aliphatic heterocycles. The van der Waals surface area contributed by atoms with Crippen LogP contribution in [0.5, 0.6) is 0 Å². The number of fused-ring (bicyclic) bond motifs is 2. The first kappa shape index (κ1) is 21.7. The number of alkyl halides is 1. The smallest absolute Gasteiger partial charge is 0.211 e. The number of nitrogens with zero attached hydrogens (tertiary/aromatic N) is 7. The molecule has 10 heteroatoms. The number of nitrogens with one attached hydrogen (secondary N) is 1. The predicted molar refractivity (Wildman–Crippen MR) is 138 cm³/mol. The molecule has 2 bridgehead atoms. The highest BCUT2D eigenvalue weighted by atomic mass is 19.1. The van der Waals surface area contributed by atoms with E-state index in [2.05, 4.69) is 32.9 Å². The van der Waals surface area contributed by atoms with Gasteiger partial charge in [0.15, 0.2) is 0 Å². The summed E-state index contributed by atoms with van der Waals surface area (Å²) in [6.07, 6.45) is 15.4. The minimum atomic E-state index is -0.838. The van der Waals surface area contributed by atoms with Crippen molar-refractivity contribution in [1.29, 1.82) is 0 Å². The average Bonchev–Trinajstić information content (AvgIpc) is 3.66. The first-order valence-electron chi connectivity index (χ1n) is 12.8. The fourth-order valence-electron chi connectivity index (χ4n) is 6.22. The Kier molecular flexibility index (Phi) is 4.49. The number of aromatic nitrogens is 7. The Morgan fingerprint density at radius 2 is 1.97 bits per heavy atom. The Morgan fingerprint density at radius 3 is 2.87 bits per heavy atom. The second-order valence-corrected chi connectivity index (χ2v) is 10.9. The van der Waals surface area contributed by atoms with Crippen LogP contribution in [0.25, 0.3) is 33.7 Å². The SMILES string of the molecule is FC12CC(CNCc3ccc4nc(Cn5cc(-c6cncc(-n7ccc8ccoc87)c6)nn5)cn4c3)(C1)C2. The quantitative estimate of drug-likeness (QED) is 0.324. The Labute approximate surface area is 216 Å². The normalized spacial score (nSPS) is 22.1. The van der Waals surface area contributed by atoms with Gasteiger partial charge in [-0.05, 0) is 54.5 Å². The summed E-state index contributed by atoms with van der Waals surface area (Å²) in [4.78, 5) is 9.15. The molecule has 1 N–H and O–H groups in total. The largest absolute Gasteiger partial charge is 0.447 e. The number of pyridine rings is 2. The molecule has 190 valence electrons. The van der Waals surface area contributed by atoms with Crippen molar-refractivity contribution in [2.24, 2.45) is 5.41 Å². The Morgan fingerprint density at radius 1 is 1.05 bits per heavy atom.